The van der Waals surface area contributed by atoms with Gasteiger partial charge >= 0.3 is 0 Å². The molecule has 0 saturated carbocycles. The van der Waals surface area contributed by atoms with E-state index in [2.05, 4.69) is 40.0 Å². The van der Waals surface area contributed by atoms with Crippen LogP contribution in [0.4, 0.5) is 0 Å². The van der Waals surface area contributed by atoms with Gasteiger partial charge in [-0.3, -0.25) is 0 Å². The van der Waals surface area contributed by atoms with E-state index in [1.807, 2.05) is 0 Å². The highest BCUT2D eigenvalue weighted by Gasteiger charge is 2.39. The molecule has 2 rings (SSSR count). The molecule has 0 fully saturated rings. The van der Waals surface area contributed by atoms with E-state index in [1.54, 1.807) is 0 Å². The van der Waals surface area contributed by atoms with Crippen molar-refractivity contribution in [3.63, 3.8) is 0 Å². The predicted octanol–water partition coefficient (Wildman–Crippen LogP) is 4.98. The molecule has 2 aliphatic rings. The topological polar surface area (TPSA) is 40.5 Å². The summed E-state index contributed by atoms with van der Waals surface area (Å²) in [7, 11) is -4.22. The summed E-state index contributed by atoms with van der Waals surface area (Å²) < 4.78 is 0. The Morgan fingerprint density at radius 1 is 0.778 bits per heavy atom. The van der Waals surface area contributed by atoms with Gasteiger partial charge in [0.1, 0.15) is 0 Å². The normalized spacial score (nSPS) is 19.3. The highest BCUT2D eigenvalue weighted by atomic mass is 35.5. The smallest absolute Gasteiger partial charge is 0.0872 e. The predicted molar refractivity (Wildman–Crippen MR) is 128 cm³/mol. The minimum atomic E-state index is -1.76. The number of hydrogen-bond donors (Lipinski definition) is 2. The largest absolute Gasteiger partial charge is 0.397 e. The van der Waals surface area contributed by atoms with E-state index in [1.165, 1.54) is 31.9 Å². The summed E-state index contributed by atoms with van der Waals surface area (Å²) in [5.41, 5.74) is 2.84. The van der Waals surface area contributed by atoms with Crippen LogP contribution >= 0.6 is 23.2 Å². The number of aliphatic hydroxyl groups is 2. The van der Waals surface area contributed by atoms with Crippen molar-refractivity contribution < 1.29 is 10.2 Å². The van der Waals surface area contributed by atoms with Crippen molar-refractivity contribution >= 4 is 48.9 Å². The molecule has 0 spiro atoms. The van der Waals surface area contributed by atoms with Crippen molar-refractivity contribution in [2.45, 2.75) is 65.0 Å². The molecule has 0 bridgehead atoms. The molecule has 2 N–H and O–H groups in total. The SMILES string of the molecule is CC1=C([SiH2]C2=C(C)CC(Cl)=C2[Si](C)(C)CCO)C([Si](C)(C)CCO)=C(Cl)C1. The van der Waals surface area contributed by atoms with E-state index in [0.29, 0.717) is 0 Å². The number of rotatable bonds is 8. The molecule has 0 aliphatic heterocycles. The van der Waals surface area contributed by atoms with Crippen LogP contribution in [0.5, 0.6) is 0 Å². The van der Waals surface area contributed by atoms with Gasteiger partial charge in [0.25, 0.3) is 0 Å². The summed E-state index contributed by atoms with van der Waals surface area (Å²) in [6.07, 6.45) is 1.75. The van der Waals surface area contributed by atoms with Crippen LogP contribution in [0.3, 0.4) is 0 Å². The summed E-state index contributed by atoms with van der Waals surface area (Å²) in [5.74, 6) is 0. The van der Waals surface area contributed by atoms with Crippen LogP contribution in [0, 0.1) is 0 Å². The van der Waals surface area contributed by atoms with Gasteiger partial charge in [-0.1, -0.05) is 70.9 Å². The van der Waals surface area contributed by atoms with Crippen LogP contribution in [0.25, 0.3) is 0 Å². The lowest BCUT2D eigenvalue weighted by atomic mass is 10.3. The summed E-state index contributed by atoms with van der Waals surface area (Å²) in [4.78, 5) is 0. The van der Waals surface area contributed by atoms with Crippen molar-refractivity contribution in [2.24, 2.45) is 0 Å². The lowest BCUT2D eigenvalue weighted by Gasteiger charge is -2.30. The van der Waals surface area contributed by atoms with Gasteiger partial charge in [0.2, 0.25) is 0 Å². The fraction of sp³-hybridized carbons (Fsp3) is 0.600. The Kier molecular flexibility index (Phi) is 7.67. The lowest BCUT2D eigenvalue weighted by Crippen LogP contribution is -2.35. The van der Waals surface area contributed by atoms with Crippen molar-refractivity contribution in [1.29, 1.82) is 0 Å². The maximum absolute atomic E-state index is 9.58. The van der Waals surface area contributed by atoms with Gasteiger partial charge in [0.05, 0.1) is 25.7 Å². The first-order valence-electron chi connectivity index (χ1n) is 9.84. The summed E-state index contributed by atoms with van der Waals surface area (Å²) in [5, 5.41) is 27.1. The Balaban J connectivity index is 2.45. The van der Waals surface area contributed by atoms with Gasteiger partial charge in [0.15, 0.2) is 0 Å². The first kappa shape index (κ1) is 23.4. The van der Waals surface area contributed by atoms with Crippen LogP contribution < -0.4 is 0 Å². The third-order valence-corrected chi connectivity index (χ3v) is 17.3. The zero-order chi connectivity index (χ0) is 20.6. The van der Waals surface area contributed by atoms with Crippen LogP contribution in [0.1, 0.15) is 26.7 Å². The van der Waals surface area contributed by atoms with Gasteiger partial charge in [-0.2, -0.15) is 0 Å². The van der Waals surface area contributed by atoms with Crippen molar-refractivity contribution in [3.8, 4) is 0 Å². The van der Waals surface area contributed by atoms with Crippen molar-refractivity contribution in [2.75, 3.05) is 13.2 Å². The maximum atomic E-state index is 9.58. The van der Waals surface area contributed by atoms with Crippen molar-refractivity contribution in [1.82, 2.24) is 0 Å². The Morgan fingerprint density at radius 3 is 1.41 bits per heavy atom. The Morgan fingerprint density at radius 2 is 1.11 bits per heavy atom. The molecule has 7 heteroatoms. The second kappa shape index (κ2) is 8.86. The average molecular weight is 462 g/mol. The lowest BCUT2D eigenvalue weighted by molar-refractivity contribution is 0.316. The standard InChI is InChI=1S/C20H34Cl2O2Si3/c1-13-11-15(21)19(26(3,4)9-7-23)17(13)25-18-14(2)12-16(22)20(18)27(5,6)10-8-24/h23-24H,7-12,25H2,1-6H3. The molecule has 152 valence electrons. The maximum Gasteiger partial charge on any atom is 0.0872 e. The quantitative estimate of drug-likeness (QED) is 0.501. The average Bonchev–Trinajstić information content (AvgIpc) is 2.96. The van der Waals surface area contributed by atoms with E-state index in [9.17, 15) is 10.2 Å². The third kappa shape index (κ3) is 4.82. The van der Waals surface area contributed by atoms with Gasteiger partial charge in [-0.15, -0.1) is 0 Å². The number of halogens is 2. The zero-order valence-electron chi connectivity index (χ0n) is 17.6. The number of allylic oxidation sites excluding steroid dienone is 8. The summed E-state index contributed by atoms with van der Waals surface area (Å²) >= 11 is 13.5. The Labute approximate surface area is 178 Å². The summed E-state index contributed by atoms with van der Waals surface area (Å²) in [6.45, 7) is 14.2. The minimum absolute atomic E-state index is 0.232. The molecule has 27 heavy (non-hydrogen) atoms. The first-order valence-corrected chi connectivity index (χ1v) is 18.4. The molecular weight excluding hydrogens is 427 g/mol. The van der Waals surface area contributed by atoms with Crippen molar-refractivity contribution in [3.05, 3.63) is 42.0 Å². The molecule has 0 atom stereocenters. The molecule has 0 aromatic rings. The van der Waals surface area contributed by atoms with Crippen LogP contribution in [0.2, 0.25) is 38.3 Å². The van der Waals surface area contributed by atoms with Crippen LogP contribution in [-0.2, 0) is 0 Å². The number of aliphatic hydroxyl groups excluding tert-OH is 2. The molecule has 0 radical (unpaired) electrons. The van der Waals surface area contributed by atoms with Crippen LogP contribution in [0.15, 0.2) is 42.0 Å². The first-order chi connectivity index (χ1) is 12.5. The number of hydrogen-bond acceptors (Lipinski definition) is 2. The molecule has 0 amide bonds. The van der Waals surface area contributed by atoms with E-state index >= 15 is 0 Å². The van der Waals surface area contributed by atoms with Gasteiger partial charge in [-0.25, -0.2) is 0 Å². The molecule has 2 nitrogen and oxygen atoms in total. The van der Waals surface area contributed by atoms with Gasteiger partial charge < -0.3 is 10.2 Å². The fourth-order valence-corrected chi connectivity index (χ4v) is 17.7. The van der Waals surface area contributed by atoms with E-state index < -0.39 is 25.7 Å². The third-order valence-electron chi connectivity index (χ3n) is 6.20. The molecule has 2 aliphatic carbocycles. The van der Waals surface area contributed by atoms with Gasteiger partial charge in [0, 0.05) is 36.1 Å². The van der Waals surface area contributed by atoms with E-state index in [4.69, 9.17) is 23.2 Å². The molecule has 0 heterocycles. The highest BCUT2D eigenvalue weighted by Crippen LogP contribution is 2.45. The second-order valence-electron chi connectivity index (χ2n) is 9.32. The minimum Gasteiger partial charge on any atom is -0.397 e. The Hall–Kier alpha value is 0.111. The summed E-state index contributed by atoms with van der Waals surface area (Å²) in [6, 6.07) is 1.71. The van der Waals surface area contributed by atoms with E-state index in [0.717, 1.165) is 35.0 Å². The van der Waals surface area contributed by atoms with Gasteiger partial charge in [-0.05, 0) is 36.3 Å². The zero-order valence-corrected chi connectivity index (χ0v) is 22.5. The monoisotopic (exact) mass is 460 g/mol. The Bertz CT molecular complexity index is 684. The molecular formula is C20H34Cl2O2Si3. The molecule has 0 saturated heterocycles. The molecule has 0 unspecified atom stereocenters. The highest BCUT2D eigenvalue weighted by molar-refractivity contribution is 6.90. The van der Waals surface area contributed by atoms with E-state index in [-0.39, 0.29) is 13.2 Å². The van der Waals surface area contributed by atoms with Crippen LogP contribution in [-0.4, -0.2) is 49.1 Å². The fourth-order valence-electron chi connectivity index (χ4n) is 4.63. The molecule has 0 aromatic heterocycles. The molecule has 0 aromatic carbocycles. The second-order valence-corrected chi connectivity index (χ2v) is 21.5.